The monoisotopic (exact) mass is 399 g/mol. The topological polar surface area (TPSA) is 101 Å². The number of oxazole rings is 1. The molecule has 0 spiro atoms. The summed E-state index contributed by atoms with van der Waals surface area (Å²) in [6.07, 6.45) is 3.88. The third-order valence-electron chi connectivity index (χ3n) is 5.12. The SMILES string of the molecule is CS(=O)(=O)C1(C(=O)Nc2ccc3oc(C4CC4)nc3c2)CCNCC1.Cl. The first-order valence-electron chi connectivity index (χ1n) is 8.51. The minimum Gasteiger partial charge on any atom is -0.440 e. The van der Waals surface area contributed by atoms with Crippen molar-refractivity contribution >= 4 is 44.9 Å². The van der Waals surface area contributed by atoms with Gasteiger partial charge in [-0.05, 0) is 57.0 Å². The molecule has 9 heteroatoms. The summed E-state index contributed by atoms with van der Waals surface area (Å²) in [5, 5.41) is 5.88. The van der Waals surface area contributed by atoms with E-state index in [0.717, 1.165) is 25.0 Å². The van der Waals surface area contributed by atoms with Crippen LogP contribution in [-0.4, -0.2) is 43.4 Å². The Labute approximate surface area is 158 Å². The Hall–Kier alpha value is -1.64. The molecule has 1 aliphatic heterocycles. The molecular weight excluding hydrogens is 378 g/mol. The molecule has 142 valence electrons. The molecule has 1 aromatic heterocycles. The van der Waals surface area contributed by atoms with E-state index in [1.165, 1.54) is 0 Å². The van der Waals surface area contributed by atoms with Gasteiger partial charge >= 0.3 is 0 Å². The number of carbonyl (C=O) groups is 1. The van der Waals surface area contributed by atoms with Gasteiger partial charge in [-0.25, -0.2) is 13.4 Å². The molecule has 2 heterocycles. The average molecular weight is 400 g/mol. The Kier molecular flexibility index (Phi) is 5.02. The van der Waals surface area contributed by atoms with E-state index in [2.05, 4.69) is 15.6 Å². The number of benzene rings is 1. The molecule has 2 fully saturated rings. The molecule has 1 saturated carbocycles. The Bertz CT molecular complexity index is 931. The summed E-state index contributed by atoms with van der Waals surface area (Å²) in [6, 6.07) is 5.22. The van der Waals surface area contributed by atoms with Gasteiger partial charge in [0, 0.05) is 17.9 Å². The van der Waals surface area contributed by atoms with E-state index < -0.39 is 20.5 Å². The van der Waals surface area contributed by atoms with Gasteiger partial charge in [0.15, 0.2) is 26.1 Å². The van der Waals surface area contributed by atoms with E-state index in [9.17, 15) is 13.2 Å². The van der Waals surface area contributed by atoms with Crippen molar-refractivity contribution in [3.8, 4) is 0 Å². The van der Waals surface area contributed by atoms with Gasteiger partial charge in [-0.15, -0.1) is 12.4 Å². The zero-order valence-corrected chi connectivity index (χ0v) is 16.1. The second kappa shape index (κ2) is 6.83. The quantitative estimate of drug-likeness (QED) is 0.817. The van der Waals surface area contributed by atoms with Crippen LogP contribution in [0.3, 0.4) is 0 Å². The maximum absolute atomic E-state index is 12.8. The lowest BCUT2D eigenvalue weighted by Crippen LogP contribution is -2.55. The minimum absolute atomic E-state index is 0. The summed E-state index contributed by atoms with van der Waals surface area (Å²) in [7, 11) is -3.53. The maximum atomic E-state index is 12.8. The minimum atomic E-state index is -3.53. The summed E-state index contributed by atoms with van der Waals surface area (Å²) >= 11 is 0. The number of fused-ring (bicyclic) bond motifs is 1. The normalized spacial score (nSPS) is 19.7. The lowest BCUT2D eigenvalue weighted by atomic mass is 9.95. The molecule has 0 unspecified atom stereocenters. The van der Waals surface area contributed by atoms with E-state index in [4.69, 9.17) is 4.42 Å². The molecule has 7 nitrogen and oxygen atoms in total. The highest BCUT2D eigenvalue weighted by Crippen LogP contribution is 2.40. The smallest absolute Gasteiger partial charge is 0.245 e. The van der Waals surface area contributed by atoms with Crippen LogP contribution in [0.2, 0.25) is 0 Å². The molecule has 0 atom stereocenters. The van der Waals surface area contributed by atoms with Gasteiger partial charge in [-0.2, -0.15) is 0 Å². The number of hydrogen-bond acceptors (Lipinski definition) is 6. The van der Waals surface area contributed by atoms with E-state index in [1.54, 1.807) is 18.2 Å². The summed E-state index contributed by atoms with van der Waals surface area (Å²) in [4.78, 5) is 17.3. The molecule has 1 aliphatic carbocycles. The molecule has 4 rings (SSSR count). The number of halogens is 1. The van der Waals surface area contributed by atoms with Crippen molar-refractivity contribution in [1.82, 2.24) is 10.3 Å². The third-order valence-corrected chi connectivity index (χ3v) is 7.14. The summed E-state index contributed by atoms with van der Waals surface area (Å²) in [5.74, 6) is 0.680. The van der Waals surface area contributed by atoms with Crippen LogP contribution in [0.25, 0.3) is 11.1 Å². The van der Waals surface area contributed by atoms with E-state index in [1.807, 2.05) is 0 Å². The molecule has 2 aromatic rings. The first-order valence-corrected chi connectivity index (χ1v) is 10.4. The highest BCUT2D eigenvalue weighted by atomic mass is 35.5. The standard InChI is InChI=1S/C17H21N3O4S.ClH/c1-25(22,23)17(6-8-18-9-7-17)16(21)19-12-4-5-14-13(10-12)20-15(24-14)11-2-3-11;/h4-5,10-11,18H,2-3,6-9H2,1H3,(H,19,21);1H. The van der Waals surface area contributed by atoms with Crippen molar-refractivity contribution in [3.63, 3.8) is 0 Å². The number of aromatic nitrogens is 1. The fourth-order valence-electron chi connectivity index (χ4n) is 3.37. The van der Waals surface area contributed by atoms with Crippen LogP contribution in [0.5, 0.6) is 0 Å². The van der Waals surface area contributed by atoms with Crippen LogP contribution >= 0.6 is 12.4 Å². The van der Waals surface area contributed by atoms with Gasteiger partial charge < -0.3 is 15.1 Å². The second-order valence-electron chi connectivity index (χ2n) is 6.98. The fraction of sp³-hybridized carbons (Fsp3) is 0.529. The Balaban J connectivity index is 0.00000196. The maximum Gasteiger partial charge on any atom is 0.245 e. The third kappa shape index (κ3) is 3.33. The Morgan fingerprint density at radius 3 is 2.62 bits per heavy atom. The summed E-state index contributed by atoms with van der Waals surface area (Å²) < 4.78 is 29.0. The fourth-order valence-corrected chi connectivity index (χ4v) is 4.70. The number of hydrogen-bond donors (Lipinski definition) is 2. The van der Waals surface area contributed by atoms with Crippen LogP contribution < -0.4 is 10.6 Å². The van der Waals surface area contributed by atoms with Crippen molar-refractivity contribution in [3.05, 3.63) is 24.1 Å². The van der Waals surface area contributed by atoms with Gasteiger partial charge in [0.2, 0.25) is 5.91 Å². The van der Waals surface area contributed by atoms with E-state index in [-0.39, 0.29) is 25.2 Å². The highest BCUT2D eigenvalue weighted by molar-refractivity contribution is 7.92. The van der Waals surface area contributed by atoms with Gasteiger partial charge in [0.25, 0.3) is 0 Å². The number of piperidine rings is 1. The van der Waals surface area contributed by atoms with Crippen LogP contribution in [0.4, 0.5) is 5.69 Å². The van der Waals surface area contributed by atoms with Gasteiger partial charge in [0.05, 0.1) is 0 Å². The highest BCUT2D eigenvalue weighted by Gasteiger charge is 2.48. The molecule has 1 aromatic carbocycles. The number of anilines is 1. The van der Waals surface area contributed by atoms with Crippen molar-refractivity contribution in [2.75, 3.05) is 24.7 Å². The number of sulfone groups is 1. The van der Waals surface area contributed by atoms with Crippen LogP contribution in [0.15, 0.2) is 22.6 Å². The molecule has 2 N–H and O–H groups in total. The van der Waals surface area contributed by atoms with Crippen molar-refractivity contribution in [1.29, 1.82) is 0 Å². The van der Waals surface area contributed by atoms with Crippen molar-refractivity contribution < 1.29 is 17.6 Å². The number of nitrogens with zero attached hydrogens (tertiary/aromatic N) is 1. The zero-order valence-electron chi connectivity index (χ0n) is 14.4. The van der Waals surface area contributed by atoms with E-state index in [0.29, 0.717) is 35.8 Å². The van der Waals surface area contributed by atoms with Gasteiger partial charge in [-0.3, -0.25) is 4.79 Å². The number of rotatable bonds is 4. The molecule has 0 radical (unpaired) electrons. The predicted octanol–water partition coefficient (Wildman–Crippen LogP) is 2.23. The van der Waals surface area contributed by atoms with Crippen LogP contribution in [0, 0.1) is 0 Å². The molecule has 0 bridgehead atoms. The molecule has 1 saturated heterocycles. The number of carbonyl (C=O) groups excluding carboxylic acids is 1. The lowest BCUT2D eigenvalue weighted by molar-refractivity contribution is -0.119. The largest absolute Gasteiger partial charge is 0.440 e. The van der Waals surface area contributed by atoms with Crippen LogP contribution in [0.1, 0.15) is 37.5 Å². The molecular formula is C17H22ClN3O4S. The first-order chi connectivity index (χ1) is 11.9. The van der Waals surface area contributed by atoms with Crippen LogP contribution in [-0.2, 0) is 14.6 Å². The summed E-state index contributed by atoms with van der Waals surface area (Å²) in [5.41, 5.74) is 1.90. The van der Waals surface area contributed by atoms with Gasteiger partial charge in [0.1, 0.15) is 5.52 Å². The van der Waals surface area contributed by atoms with Crippen molar-refractivity contribution in [2.24, 2.45) is 0 Å². The average Bonchev–Trinajstić information content (AvgIpc) is 3.34. The first kappa shape index (κ1) is 19.1. The summed E-state index contributed by atoms with van der Waals surface area (Å²) in [6.45, 7) is 1.01. The van der Waals surface area contributed by atoms with Crippen molar-refractivity contribution in [2.45, 2.75) is 36.3 Å². The number of nitrogens with one attached hydrogen (secondary N) is 2. The lowest BCUT2D eigenvalue weighted by Gasteiger charge is -2.34. The van der Waals surface area contributed by atoms with E-state index >= 15 is 0 Å². The Morgan fingerprint density at radius 2 is 2.00 bits per heavy atom. The molecule has 2 aliphatic rings. The predicted molar refractivity (Wildman–Crippen MR) is 102 cm³/mol. The zero-order chi connectivity index (χ0) is 17.7. The Morgan fingerprint density at radius 1 is 1.31 bits per heavy atom. The molecule has 26 heavy (non-hydrogen) atoms. The number of amides is 1. The molecule has 1 amide bonds. The second-order valence-corrected chi connectivity index (χ2v) is 9.31. The van der Waals surface area contributed by atoms with Gasteiger partial charge in [-0.1, -0.05) is 0 Å².